The molecule has 1 aliphatic rings. The molecule has 1 amide bonds. The number of nitrogens with one attached hydrogen (secondary N) is 1. The number of sulfonamides is 1. The molecule has 4 aromatic rings. The third-order valence-electron chi connectivity index (χ3n) is 6.06. The summed E-state index contributed by atoms with van der Waals surface area (Å²) < 4.78 is 39.5. The van der Waals surface area contributed by atoms with Crippen LogP contribution in [0.3, 0.4) is 0 Å². The predicted octanol–water partition coefficient (Wildman–Crippen LogP) is 4.77. The second kappa shape index (κ2) is 9.72. The number of rotatable bonds is 6. The SMILES string of the molecule is COc1ccc(S(=O)(=O)N2CC(C(=O)NCc3cccc4ccccc34)Oc3ccc(Cl)cc32)cc1. The molecule has 0 aliphatic carbocycles. The van der Waals surface area contributed by atoms with Gasteiger partial charge < -0.3 is 14.8 Å². The van der Waals surface area contributed by atoms with E-state index in [0.29, 0.717) is 10.8 Å². The van der Waals surface area contributed by atoms with E-state index >= 15 is 0 Å². The van der Waals surface area contributed by atoms with E-state index in [1.165, 1.54) is 29.6 Å². The quantitative estimate of drug-likeness (QED) is 0.394. The summed E-state index contributed by atoms with van der Waals surface area (Å²) in [5, 5.41) is 5.36. The molecule has 0 fully saturated rings. The molecule has 9 heteroatoms. The van der Waals surface area contributed by atoms with Gasteiger partial charge in [0.05, 0.1) is 24.2 Å². The number of carbonyl (C=O) groups is 1. The highest BCUT2D eigenvalue weighted by molar-refractivity contribution is 7.92. The number of fused-ring (bicyclic) bond motifs is 2. The molecule has 0 saturated carbocycles. The minimum absolute atomic E-state index is 0.0611. The van der Waals surface area contributed by atoms with Gasteiger partial charge in [0.15, 0.2) is 6.10 Å². The molecular formula is C27H23ClN2O5S. The van der Waals surface area contributed by atoms with Gasteiger partial charge in [-0.3, -0.25) is 9.10 Å². The van der Waals surface area contributed by atoms with Crippen molar-refractivity contribution in [2.75, 3.05) is 18.0 Å². The molecule has 1 heterocycles. The van der Waals surface area contributed by atoms with Crippen LogP contribution in [0.5, 0.6) is 11.5 Å². The number of ether oxygens (including phenoxy) is 2. The fourth-order valence-corrected chi connectivity index (χ4v) is 5.84. The molecule has 7 nitrogen and oxygen atoms in total. The Hall–Kier alpha value is -3.75. The van der Waals surface area contributed by atoms with E-state index in [1.54, 1.807) is 24.3 Å². The normalized spacial score (nSPS) is 15.2. The van der Waals surface area contributed by atoms with Crippen molar-refractivity contribution in [3.05, 3.63) is 95.5 Å². The number of hydrogen-bond acceptors (Lipinski definition) is 5. The highest BCUT2D eigenvalue weighted by atomic mass is 35.5. The Balaban J connectivity index is 1.42. The summed E-state index contributed by atoms with van der Waals surface area (Å²) in [5.74, 6) is 0.372. The molecule has 0 radical (unpaired) electrons. The maximum Gasteiger partial charge on any atom is 0.264 e. The average molecular weight is 523 g/mol. The van der Waals surface area contributed by atoms with E-state index in [0.717, 1.165) is 16.3 Å². The van der Waals surface area contributed by atoms with Crippen molar-refractivity contribution in [3.8, 4) is 11.5 Å². The molecule has 1 atom stereocenters. The fourth-order valence-electron chi connectivity index (χ4n) is 4.21. The maximum atomic E-state index is 13.6. The molecule has 1 unspecified atom stereocenters. The van der Waals surface area contributed by atoms with E-state index in [2.05, 4.69) is 5.32 Å². The lowest BCUT2D eigenvalue weighted by atomic mass is 10.0. The van der Waals surface area contributed by atoms with E-state index in [-0.39, 0.29) is 29.4 Å². The highest BCUT2D eigenvalue weighted by Gasteiger charge is 2.37. The van der Waals surface area contributed by atoms with Gasteiger partial charge in [-0.1, -0.05) is 54.1 Å². The van der Waals surface area contributed by atoms with Gasteiger partial charge in [0.25, 0.3) is 15.9 Å². The molecule has 0 spiro atoms. The second-order valence-corrected chi connectivity index (χ2v) is 10.6. The molecule has 0 saturated heterocycles. The Labute approximate surface area is 214 Å². The van der Waals surface area contributed by atoms with Crippen LogP contribution < -0.4 is 19.1 Å². The van der Waals surface area contributed by atoms with Crippen molar-refractivity contribution < 1.29 is 22.7 Å². The Morgan fingerprint density at radius 1 is 1.06 bits per heavy atom. The molecular weight excluding hydrogens is 500 g/mol. The third kappa shape index (κ3) is 4.57. The monoisotopic (exact) mass is 522 g/mol. The first-order valence-electron chi connectivity index (χ1n) is 11.2. The van der Waals surface area contributed by atoms with Crippen molar-refractivity contribution in [1.29, 1.82) is 0 Å². The van der Waals surface area contributed by atoms with Gasteiger partial charge in [-0.15, -0.1) is 0 Å². The lowest BCUT2D eigenvalue weighted by Crippen LogP contribution is -2.50. The van der Waals surface area contributed by atoms with Crippen LogP contribution in [-0.2, 0) is 21.4 Å². The summed E-state index contributed by atoms with van der Waals surface area (Å²) in [6.07, 6.45) is -1.05. The number of amides is 1. The zero-order valence-corrected chi connectivity index (χ0v) is 20.9. The Bertz CT molecular complexity index is 1530. The van der Waals surface area contributed by atoms with Crippen molar-refractivity contribution in [1.82, 2.24) is 5.32 Å². The third-order valence-corrected chi connectivity index (χ3v) is 8.09. The molecule has 5 rings (SSSR count). The van der Waals surface area contributed by atoms with Gasteiger partial charge in [-0.25, -0.2) is 8.42 Å². The number of carbonyl (C=O) groups excluding carboxylic acids is 1. The summed E-state index contributed by atoms with van der Waals surface area (Å²) >= 11 is 6.17. The molecule has 184 valence electrons. The van der Waals surface area contributed by atoms with Crippen molar-refractivity contribution in [2.45, 2.75) is 17.5 Å². The van der Waals surface area contributed by atoms with Crippen LogP contribution in [0.15, 0.2) is 89.8 Å². The van der Waals surface area contributed by atoms with E-state index in [1.807, 2.05) is 42.5 Å². The van der Waals surface area contributed by atoms with Crippen LogP contribution in [0.4, 0.5) is 5.69 Å². The smallest absolute Gasteiger partial charge is 0.264 e. The van der Waals surface area contributed by atoms with Crippen LogP contribution in [0.2, 0.25) is 5.02 Å². The molecule has 0 aromatic heterocycles. The van der Waals surface area contributed by atoms with E-state index in [9.17, 15) is 13.2 Å². The number of benzene rings is 4. The van der Waals surface area contributed by atoms with Crippen LogP contribution in [0.25, 0.3) is 10.8 Å². The summed E-state index contributed by atoms with van der Waals surface area (Å²) in [6, 6.07) is 24.5. The summed E-state index contributed by atoms with van der Waals surface area (Å²) in [5.41, 5.74) is 1.23. The lowest BCUT2D eigenvalue weighted by molar-refractivity contribution is -0.127. The van der Waals surface area contributed by atoms with Crippen LogP contribution in [-0.4, -0.2) is 34.1 Å². The fraction of sp³-hybridized carbons (Fsp3) is 0.148. The van der Waals surface area contributed by atoms with E-state index < -0.39 is 22.0 Å². The minimum atomic E-state index is -4.02. The topological polar surface area (TPSA) is 84.9 Å². The van der Waals surface area contributed by atoms with Crippen LogP contribution >= 0.6 is 11.6 Å². The standard InChI is InChI=1S/C27H23ClN2O5S/c1-34-21-10-12-22(13-11-21)36(32,33)30-17-26(35-25-14-9-20(28)15-24(25)30)27(31)29-16-19-7-4-6-18-5-2-3-8-23(18)19/h2-15,26H,16-17H2,1H3,(H,29,31). The van der Waals surface area contributed by atoms with Crippen LogP contribution in [0, 0.1) is 0 Å². The molecule has 1 aliphatic heterocycles. The van der Waals surface area contributed by atoms with Gasteiger partial charge >= 0.3 is 0 Å². The van der Waals surface area contributed by atoms with Crippen LogP contribution in [0.1, 0.15) is 5.56 Å². The average Bonchev–Trinajstić information content (AvgIpc) is 2.91. The summed E-state index contributed by atoms with van der Waals surface area (Å²) in [4.78, 5) is 13.2. The van der Waals surface area contributed by atoms with E-state index in [4.69, 9.17) is 21.1 Å². The largest absolute Gasteiger partial charge is 0.497 e. The van der Waals surface area contributed by atoms with Gasteiger partial charge in [-0.05, 0) is 58.8 Å². The van der Waals surface area contributed by atoms with Crippen molar-refractivity contribution >= 4 is 44.0 Å². The number of halogens is 1. The molecule has 4 aromatic carbocycles. The first-order chi connectivity index (χ1) is 17.4. The summed E-state index contributed by atoms with van der Waals surface area (Å²) in [6.45, 7) is 0.0713. The first-order valence-corrected chi connectivity index (χ1v) is 13.1. The second-order valence-electron chi connectivity index (χ2n) is 8.29. The summed E-state index contributed by atoms with van der Waals surface area (Å²) in [7, 11) is -2.52. The number of hydrogen-bond donors (Lipinski definition) is 1. The molecule has 0 bridgehead atoms. The van der Waals surface area contributed by atoms with Gasteiger partial charge in [0.1, 0.15) is 11.5 Å². The van der Waals surface area contributed by atoms with Gasteiger partial charge in [0, 0.05) is 11.6 Å². The molecule has 1 N–H and O–H groups in total. The zero-order valence-electron chi connectivity index (χ0n) is 19.3. The van der Waals surface area contributed by atoms with Gasteiger partial charge in [-0.2, -0.15) is 0 Å². The number of nitrogens with zero attached hydrogens (tertiary/aromatic N) is 1. The zero-order chi connectivity index (χ0) is 25.3. The molecule has 36 heavy (non-hydrogen) atoms. The lowest BCUT2D eigenvalue weighted by Gasteiger charge is -2.35. The Kier molecular flexibility index (Phi) is 6.47. The Morgan fingerprint density at radius 3 is 2.58 bits per heavy atom. The van der Waals surface area contributed by atoms with Crippen molar-refractivity contribution in [3.63, 3.8) is 0 Å². The number of methoxy groups -OCH3 is 1. The van der Waals surface area contributed by atoms with Gasteiger partial charge in [0.2, 0.25) is 0 Å². The highest BCUT2D eigenvalue weighted by Crippen LogP contribution is 2.39. The Morgan fingerprint density at radius 2 is 1.81 bits per heavy atom. The number of anilines is 1. The van der Waals surface area contributed by atoms with Crippen molar-refractivity contribution in [2.24, 2.45) is 0 Å². The predicted molar refractivity (Wildman–Crippen MR) is 139 cm³/mol. The minimum Gasteiger partial charge on any atom is -0.497 e. The maximum absolute atomic E-state index is 13.6. The first kappa shape index (κ1) is 24.0.